The zero-order chi connectivity index (χ0) is 14.4. The molecule has 1 amide bonds. The number of methoxy groups -OCH3 is 1. The predicted molar refractivity (Wildman–Crippen MR) is 89.6 cm³/mol. The second-order valence-electron chi connectivity index (χ2n) is 4.93. The van der Waals surface area contributed by atoms with Gasteiger partial charge < -0.3 is 15.0 Å². The van der Waals surface area contributed by atoms with Gasteiger partial charge in [0.05, 0.1) is 12.9 Å². The van der Waals surface area contributed by atoms with Crippen molar-refractivity contribution in [2.75, 3.05) is 33.0 Å². The van der Waals surface area contributed by atoms with Gasteiger partial charge >= 0.3 is 0 Å². The number of piperidine rings is 1. The zero-order valence-electron chi connectivity index (χ0n) is 12.5. The minimum absolute atomic E-state index is 0. The molecule has 118 valence electrons. The first kappa shape index (κ1) is 18.1. The Morgan fingerprint density at radius 2 is 2.14 bits per heavy atom. The standard InChI is InChI=1S/C15H22N2O2S.ClH/c1-16-12-4-3-9-17(10-12)15(18)11-20-14-7-5-13(19-2)6-8-14;/h5-8,12,16H,3-4,9-11H2,1-2H3;1H. The molecular formula is C15H23ClN2O2S. The number of likely N-dealkylation sites (tertiary alicyclic amines) is 1. The van der Waals surface area contributed by atoms with Crippen LogP contribution in [0.15, 0.2) is 29.2 Å². The second-order valence-corrected chi connectivity index (χ2v) is 5.98. The Bertz CT molecular complexity index is 442. The maximum absolute atomic E-state index is 12.2. The number of hydrogen-bond acceptors (Lipinski definition) is 4. The van der Waals surface area contributed by atoms with E-state index in [1.807, 2.05) is 36.2 Å². The number of nitrogens with one attached hydrogen (secondary N) is 1. The summed E-state index contributed by atoms with van der Waals surface area (Å²) in [5, 5.41) is 3.26. The lowest BCUT2D eigenvalue weighted by Gasteiger charge is -2.32. The van der Waals surface area contributed by atoms with Gasteiger partial charge in [0.2, 0.25) is 5.91 Å². The number of halogens is 1. The topological polar surface area (TPSA) is 41.6 Å². The van der Waals surface area contributed by atoms with Crippen molar-refractivity contribution < 1.29 is 9.53 Å². The first-order valence-electron chi connectivity index (χ1n) is 6.95. The van der Waals surface area contributed by atoms with Crippen molar-refractivity contribution in [3.8, 4) is 5.75 Å². The number of rotatable bonds is 5. The van der Waals surface area contributed by atoms with Gasteiger partial charge in [-0.2, -0.15) is 0 Å². The maximum atomic E-state index is 12.2. The summed E-state index contributed by atoms with van der Waals surface area (Å²) in [7, 11) is 3.62. The lowest BCUT2D eigenvalue weighted by atomic mass is 10.1. The summed E-state index contributed by atoms with van der Waals surface area (Å²) in [4.78, 5) is 15.3. The quantitative estimate of drug-likeness (QED) is 0.842. The number of likely N-dealkylation sites (N-methyl/N-ethyl adjacent to an activating group) is 1. The summed E-state index contributed by atoms with van der Waals surface area (Å²) in [5.41, 5.74) is 0. The summed E-state index contributed by atoms with van der Waals surface area (Å²) in [6.45, 7) is 1.72. The van der Waals surface area contributed by atoms with E-state index in [4.69, 9.17) is 4.74 Å². The van der Waals surface area contributed by atoms with Crippen molar-refractivity contribution in [2.45, 2.75) is 23.8 Å². The Balaban J connectivity index is 0.00000220. The van der Waals surface area contributed by atoms with Gasteiger partial charge in [-0.25, -0.2) is 0 Å². The summed E-state index contributed by atoms with van der Waals surface area (Å²) in [6, 6.07) is 8.26. The lowest BCUT2D eigenvalue weighted by Crippen LogP contribution is -2.47. The number of thioether (sulfide) groups is 1. The average molecular weight is 331 g/mol. The summed E-state index contributed by atoms with van der Waals surface area (Å²) >= 11 is 1.58. The number of nitrogens with zero attached hydrogens (tertiary/aromatic N) is 1. The molecule has 1 fully saturated rings. The van der Waals surface area contributed by atoms with Crippen molar-refractivity contribution in [1.29, 1.82) is 0 Å². The number of amides is 1. The van der Waals surface area contributed by atoms with Crippen molar-refractivity contribution in [3.05, 3.63) is 24.3 Å². The highest BCUT2D eigenvalue weighted by molar-refractivity contribution is 8.00. The van der Waals surface area contributed by atoms with E-state index in [-0.39, 0.29) is 18.3 Å². The number of ether oxygens (including phenoxy) is 1. The Morgan fingerprint density at radius 3 is 2.76 bits per heavy atom. The van der Waals surface area contributed by atoms with Crippen LogP contribution in [0.3, 0.4) is 0 Å². The van der Waals surface area contributed by atoms with Crippen LogP contribution in [0.5, 0.6) is 5.75 Å². The van der Waals surface area contributed by atoms with E-state index in [2.05, 4.69) is 5.32 Å². The Hall–Kier alpha value is -0.910. The van der Waals surface area contributed by atoms with Crippen LogP contribution in [0.1, 0.15) is 12.8 Å². The monoisotopic (exact) mass is 330 g/mol. The third-order valence-corrected chi connectivity index (χ3v) is 4.60. The minimum atomic E-state index is 0. The molecule has 1 heterocycles. The third-order valence-electron chi connectivity index (χ3n) is 3.60. The lowest BCUT2D eigenvalue weighted by molar-refractivity contribution is -0.129. The van der Waals surface area contributed by atoms with Gasteiger partial charge in [0.1, 0.15) is 5.75 Å². The van der Waals surface area contributed by atoms with E-state index < -0.39 is 0 Å². The van der Waals surface area contributed by atoms with E-state index in [0.717, 1.165) is 36.6 Å². The zero-order valence-corrected chi connectivity index (χ0v) is 14.1. The SMILES string of the molecule is CNC1CCCN(C(=O)CSc2ccc(OC)cc2)C1.Cl. The van der Waals surface area contributed by atoms with Crippen LogP contribution in [0.4, 0.5) is 0 Å². The summed E-state index contributed by atoms with van der Waals surface area (Å²) in [6.07, 6.45) is 2.25. The fourth-order valence-electron chi connectivity index (χ4n) is 2.35. The number of carbonyl (C=O) groups excluding carboxylic acids is 1. The van der Waals surface area contributed by atoms with Crippen molar-refractivity contribution in [2.24, 2.45) is 0 Å². The number of benzene rings is 1. The van der Waals surface area contributed by atoms with Gasteiger partial charge in [0.25, 0.3) is 0 Å². The molecule has 0 aliphatic carbocycles. The van der Waals surface area contributed by atoms with Crippen molar-refractivity contribution in [1.82, 2.24) is 10.2 Å². The average Bonchev–Trinajstić information content (AvgIpc) is 2.53. The Labute approximate surface area is 137 Å². The fraction of sp³-hybridized carbons (Fsp3) is 0.533. The highest BCUT2D eigenvalue weighted by atomic mass is 35.5. The molecule has 6 heteroatoms. The first-order valence-corrected chi connectivity index (χ1v) is 7.93. The molecule has 1 N–H and O–H groups in total. The van der Waals surface area contributed by atoms with Gasteiger partial charge in [-0.1, -0.05) is 0 Å². The molecule has 1 aromatic carbocycles. The molecule has 1 aromatic rings. The largest absolute Gasteiger partial charge is 0.497 e. The molecule has 1 unspecified atom stereocenters. The van der Waals surface area contributed by atoms with Gasteiger partial charge in [0, 0.05) is 24.0 Å². The molecule has 0 aromatic heterocycles. The van der Waals surface area contributed by atoms with Gasteiger partial charge in [-0.05, 0) is 44.2 Å². The van der Waals surface area contributed by atoms with E-state index >= 15 is 0 Å². The maximum Gasteiger partial charge on any atom is 0.232 e. The second kappa shape index (κ2) is 9.18. The van der Waals surface area contributed by atoms with Crippen LogP contribution in [0.25, 0.3) is 0 Å². The van der Waals surface area contributed by atoms with Crippen LogP contribution >= 0.6 is 24.2 Å². The van der Waals surface area contributed by atoms with Crippen LogP contribution in [0.2, 0.25) is 0 Å². The minimum Gasteiger partial charge on any atom is -0.497 e. The van der Waals surface area contributed by atoms with Crippen molar-refractivity contribution in [3.63, 3.8) is 0 Å². The normalized spacial score (nSPS) is 18.0. The van der Waals surface area contributed by atoms with Crippen LogP contribution in [-0.4, -0.2) is 49.8 Å². The van der Waals surface area contributed by atoms with Crippen molar-refractivity contribution >= 4 is 30.1 Å². The molecule has 4 nitrogen and oxygen atoms in total. The number of carbonyl (C=O) groups is 1. The fourth-order valence-corrected chi connectivity index (χ4v) is 3.15. The third kappa shape index (κ3) is 5.41. The molecular weight excluding hydrogens is 308 g/mol. The van der Waals surface area contributed by atoms with E-state index in [9.17, 15) is 4.79 Å². The molecule has 1 saturated heterocycles. The first-order chi connectivity index (χ1) is 9.72. The van der Waals surface area contributed by atoms with Crippen LogP contribution in [-0.2, 0) is 4.79 Å². The molecule has 0 spiro atoms. The number of hydrogen-bond donors (Lipinski definition) is 1. The Kier molecular flexibility index (Phi) is 7.93. The van der Waals surface area contributed by atoms with Gasteiger partial charge in [-0.15, -0.1) is 24.2 Å². The van der Waals surface area contributed by atoms with Crippen LogP contribution < -0.4 is 10.1 Å². The predicted octanol–water partition coefficient (Wildman–Crippen LogP) is 2.42. The van der Waals surface area contributed by atoms with E-state index in [0.29, 0.717) is 11.8 Å². The Morgan fingerprint density at radius 1 is 1.43 bits per heavy atom. The molecule has 1 atom stereocenters. The summed E-state index contributed by atoms with van der Waals surface area (Å²) in [5.74, 6) is 1.57. The molecule has 2 rings (SSSR count). The van der Waals surface area contributed by atoms with E-state index in [1.54, 1.807) is 18.9 Å². The summed E-state index contributed by atoms with van der Waals surface area (Å²) < 4.78 is 5.12. The molecule has 1 aliphatic heterocycles. The molecule has 0 radical (unpaired) electrons. The van der Waals surface area contributed by atoms with E-state index in [1.165, 1.54) is 0 Å². The van der Waals surface area contributed by atoms with Gasteiger partial charge in [0.15, 0.2) is 0 Å². The molecule has 0 bridgehead atoms. The van der Waals surface area contributed by atoms with Crippen LogP contribution in [0, 0.1) is 0 Å². The molecule has 1 aliphatic rings. The molecule has 0 saturated carbocycles. The highest BCUT2D eigenvalue weighted by Gasteiger charge is 2.22. The van der Waals surface area contributed by atoms with Gasteiger partial charge in [-0.3, -0.25) is 4.79 Å². The molecule has 21 heavy (non-hydrogen) atoms. The highest BCUT2D eigenvalue weighted by Crippen LogP contribution is 2.22. The smallest absolute Gasteiger partial charge is 0.232 e.